The molecule has 0 aromatic heterocycles. The molecule has 0 heterocycles. The number of urea groups is 1. The zero-order chi connectivity index (χ0) is 16.9. The summed E-state index contributed by atoms with van der Waals surface area (Å²) in [6.45, 7) is 9.13. The maximum absolute atomic E-state index is 12.2. The molecular formula is C16H22N2O4. The minimum absolute atomic E-state index is 0.398. The van der Waals surface area contributed by atoms with Crippen LogP contribution in [0.15, 0.2) is 12.1 Å². The van der Waals surface area contributed by atoms with Crippen LogP contribution in [0.2, 0.25) is 0 Å². The molecule has 1 unspecified atom stereocenters. The molecule has 1 atom stereocenters. The van der Waals surface area contributed by atoms with E-state index >= 15 is 0 Å². The van der Waals surface area contributed by atoms with Crippen molar-refractivity contribution in [2.24, 2.45) is 0 Å². The van der Waals surface area contributed by atoms with Gasteiger partial charge in [0.1, 0.15) is 0 Å². The summed E-state index contributed by atoms with van der Waals surface area (Å²) in [5.41, 5.74) is 3.08. The Kier molecular flexibility index (Phi) is 6.10. The monoisotopic (exact) mass is 306 g/mol. The third-order valence-electron chi connectivity index (χ3n) is 3.11. The molecule has 3 amide bonds. The highest BCUT2D eigenvalue weighted by Crippen LogP contribution is 2.18. The normalized spacial score (nSPS) is 11.5. The van der Waals surface area contributed by atoms with E-state index in [4.69, 9.17) is 4.74 Å². The number of aryl methyl sites for hydroxylation is 3. The maximum atomic E-state index is 12.2. The summed E-state index contributed by atoms with van der Waals surface area (Å²) in [7, 11) is 0. The number of imide groups is 1. The molecule has 0 saturated heterocycles. The number of hydrogen-bond acceptors (Lipinski definition) is 4. The van der Waals surface area contributed by atoms with Gasteiger partial charge in [0.2, 0.25) is 0 Å². The van der Waals surface area contributed by atoms with Crippen molar-refractivity contribution in [3.8, 4) is 0 Å². The van der Waals surface area contributed by atoms with Crippen LogP contribution in [0.25, 0.3) is 0 Å². The van der Waals surface area contributed by atoms with Crippen molar-refractivity contribution in [3.63, 3.8) is 0 Å². The molecule has 0 aliphatic carbocycles. The molecule has 6 heteroatoms. The third-order valence-corrected chi connectivity index (χ3v) is 3.11. The van der Waals surface area contributed by atoms with Crippen molar-refractivity contribution in [1.29, 1.82) is 0 Å². The Morgan fingerprint density at radius 1 is 1.14 bits per heavy atom. The average Bonchev–Trinajstić information content (AvgIpc) is 2.37. The summed E-state index contributed by atoms with van der Waals surface area (Å²) in [5.74, 6) is -1.24. The highest BCUT2D eigenvalue weighted by molar-refractivity contribution is 5.99. The first-order valence-electron chi connectivity index (χ1n) is 7.13. The van der Waals surface area contributed by atoms with E-state index in [-0.39, 0.29) is 0 Å². The smallest absolute Gasteiger partial charge is 0.339 e. The minimum Gasteiger partial charge on any atom is -0.449 e. The first-order valence-corrected chi connectivity index (χ1v) is 7.13. The predicted octanol–water partition coefficient (Wildman–Crippen LogP) is 2.00. The highest BCUT2D eigenvalue weighted by Gasteiger charge is 2.22. The summed E-state index contributed by atoms with van der Waals surface area (Å²) >= 11 is 0. The molecule has 22 heavy (non-hydrogen) atoms. The van der Waals surface area contributed by atoms with Crippen LogP contribution >= 0.6 is 0 Å². The van der Waals surface area contributed by atoms with Gasteiger partial charge in [0, 0.05) is 6.54 Å². The molecule has 0 aliphatic rings. The van der Waals surface area contributed by atoms with Crippen molar-refractivity contribution in [2.75, 3.05) is 6.54 Å². The van der Waals surface area contributed by atoms with E-state index in [9.17, 15) is 14.4 Å². The van der Waals surface area contributed by atoms with Gasteiger partial charge in [-0.05, 0) is 45.7 Å². The van der Waals surface area contributed by atoms with Crippen LogP contribution in [-0.4, -0.2) is 30.6 Å². The standard InChI is InChI=1S/C16H22N2O4/c1-6-17-16(21)18-14(19)12(5)22-15(20)13-10(3)7-9(2)8-11(13)4/h7-8,12H,6H2,1-5H3,(H2,17,18,19,21). The zero-order valence-corrected chi connectivity index (χ0v) is 13.6. The van der Waals surface area contributed by atoms with Gasteiger partial charge in [0.15, 0.2) is 6.10 Å². The molecule has 2 N–H and O–H groups in total. The SMILES string of the molecule is CCNC(=O)NC(=O)C(C)OC(=O)c1c(C)cc(C)cc1C. The second kappa shape index (κ2) is 7.59. The van der Waals surface area contributed by atoms with Crippen LogP contribution < -0.4 is 10.6 Å². The highest BCUT2D eigenvalue weighted by atomic mass is 16.5. The summed E-state index contributed by atoms with van der Waals surface area (Å²) in [6.07, 6.45) is -1.06. The Hall–Kier alpha value is -2.37. The zero-order valence-electron chi connectivity index (χ0n) is 13.6. The fraction of sp³-hybridized carbons (Fsp3) is 0.438. The van der Waals surface area contributed by atoms with Gasteiger partial charge in [0.25, 0.3) is 5.91 Å². The van der Waals surface area contributed by atoms with Gasteiger partial charge in [-0.3, -0.25) is 10.1 Å². The molecule has 0 spiro atoms. The fourth-order valence-electron chi connectivity index (χ4n) is 2.19. The first kappa shape index (κ1) is 17.7. The van der Waals surface area contributed by atoms with E-state index in [1.165, 1.54) is 6.92 Å². The van der Waals surface area contributed by atoms with Gasteiger partial charge in [-0.25, -0.2) is 9.59 Å². The van der Waals surface area contributed by atoms with Gasteiger partial charge in [0.05, 0.1) is 5.56 Å². The number of amides is 3. The Labute approximate surface area is 130 Å². The summed E-state index contributed by atoms with van der Waals surface area (Å²) in [6, 6.07) is 3.14. The number of rotatable bonds is 4. The second-order valence-electron chi connectivity index (χ2n) is 5.17. The molecular weight excluding hydrogens is 284 g/mol. The number of benzene rings is 1. The lowest BCUT2D eigenvalue weighted by Crippen LogP contribution is -2.44. The van der Waals surface area contributed by atoms with Crippen LogP contribution in [-0.2, 0) is 9.53 Å². The van der Waals surface area contributed by atoms with E-state index in [0.29, 0.717) is 12.1 Å². The Bertz CT molecular complexity index is 573. The van der Waals surface area contributed by atoms with Crippen molar-refractivity contribution < 1.29 is 19.1 Å². The molecule has 120 valence electrons. The van der Waals surface area contributed by atoms with Crippen molar-refractivity contribution >= 4 is 17.9 Å². The minimum atomic E-state index is -1.06. The molecule has 1 rings (SSSR count). The van der Waals surface area contributed by atoms with Crippen LogP contribution in [0, 0.1) is 20.8 Å². The van der Waals surface area contributed by atoms with E-state index in [1.807, 2.05) is 32.9 Å². The number of ether oxygens (including phenoxy) is 1. The molecule has 0 radical (unpaired) electrons. The van der Waals surface area contributed by atoms with E-state index < -0.39 is 24.0 Å². The van der Waals surface area contributed by atoms with E-state index in [1.54, 1.807) is 6.92 Å². The van der Waals surface area contributed by atoms with Crippen LogP contribution in [0.1, 0.15) is 40.9 Å². The quantitative estimate of drug-likeness (QED) is 0.833. The number of carbonyl (C=O) groups excluding carboxylic acids is 3. The first-order chi connectivity index (χ1) is 10.3. The van der Waals surface area contributed by atoms with Gasteiger partial charge in [-0.1, -0.05) is 17.7 Å². The van der Waals surface area contributed by atoms with Crippen LogP contribution in [0.5, 0.6) is 0 Å². The second-order valence-corrected chi connectivity index (χ2v) is 5.17. The lowest BCUT2D eigenvalue weighted by Gasteiger charge is -2.15. The molecule has 1 aromatic rings. The average molecular weight is 306 g/mol. The third kappa shape index (κ3) is 4.58. The maximum Gasteiger partial charge on any atom is 0.339 e. The summed E-state index contributed by atoms with van der Waals surface area (Å²) < 4.78 is 5.15. The number of nitrogens with one attached hydrogen (secondary N) is 2. The van der Waals surface area contributed by atoms with Crippen molar-refractivity contribution in [3.05, 3.63) is 34.4 Å². The van der Waals surface area contributed by atoms with Crippen molar-refractivity contribution in [1.82, 2.24) is 10.6 Å². The van der Waals surface area contributed by atoms with Gasteiger partial charge in [-0.15, -0.1) is 0 Å². The van der Waals surface area contributed by atoms with Gasteiger partial charge in [-0.2, -0.15) is 0 Å². The molecule has 0 aliphatic heterocycles. The van der Waals surface area contributed by atoms with Gasteiger partial charge >= 0.3 is 12.0 Å². The molecule has 0 saturated carbocycles. The van der Waals surface area contributed by atoms with E-state index in [2.05, 4.69) is 10.6 Å². The molecule has 1 aromatic carbocycles. The number of hydrogen-bond donors (Lipinski definition) is 2. The lowest BCUT2D eigenvalue weighted by molar-refractivity contribution is -0.127. The van der Waals surface area contributed by atoms with Crippen LogP contribution in [0.4, 0.5) is 4.79 Å². The number of esters is 1. The summed E-state index contributed by atoms with van der Waals surface area (Å²) in [4.78, 5) is 35.3. The Balaban J connectivity index is 2.76. The molecule has 0 bridgehead atoms. The Morgan fingerprint density at radius 2 is 1.68 bits per heavy atom. The van der Waals surface area contributed by atoms with Crippen LogP contribution in [0.3, 0.4) is 0 Å². The van der Waals surface area contributed by atoms with Gasteiger partial charge < -0.3 is 10.1 Å². The summed E-state index contributed by atoms with van der Waals surface area (Å²) in [5, 5.41) is 4.54. The molecule has 6 nitrogen and oxygen atoms in total. The lowest BCUT2D eigenvalue weighted by atomic mass is 10.00. The fourth-order valence-corrected chi connectivity index (χ4v) is 2.19. The number of carbonyl (C=O) groups is 3. The topological polar surface area (TPSA) is 84.5 Å². The molecule has 0 fully saturated rings. The Morgan fingerprint density at radius 3 is 2.18 bits per heavy atom. The van der Waals surface area contributed by atoms with Crippen molar-refractivity contribution in [2.45, 2.75) is 40.7 Å². The predicted molar refractivity (Wildman–Crippen MR) is 82.7 cm³/mol. The van der Waals surface area contributed by atoms with E-state index in [0.717, 1.165) is 16.7 Å². The largest absolute Gasteiger partial charge is 0.449 e.